The Morgan fingerprint density at radius 3 is 2.60 bits per heavy atom. The van der Waals surface area contributed by atoms with Crippen molar-refractivity contribution in [2.45, 2.75) is 19.8 Å². The van der Waals surface area contributed by atoms with E-state index in [1.807, 2.05) is 55.5 Å². The number of benzene rings is 2. The average molecular weight is 269 g/mol. The topological polar surface area (TPSA) is 49.3 Å². The van der Waals surface area contributed by atoms with E-state index in [0.717, 1.165) is 29.7 Å². The first kappa shape index (κ1) is 14.3. The van der Waals surface area contributed by atoms with Crippen LogP contribution in [0.3, 0.4) is 0 Å². The van der Waals surface area contributed by atoms with Gasteiger partial charge < -0.3 is 10.4 Å². The molecule has 2 N–H and O–H groups in total. The summed E-state index contributed by atoms with van der Waals surface area (Å²) in [7, 11) is 0. The van der Waals surface area contributed by atoms with Crippen molar-refractivity contribution in [1.29, 1.82) is 0 Å². The van der Waals surface area contributed by atoms with Gasteiger partial charge in [0.15, 0.2) is 0 Å². The fourth-order valence-corrected chi connectivity index (χ4v) is 2.00. The van der Waals surface area contributed by atoms with E-state index in [9.17, 15) is 4.79 Å². The predicted octanol–water partition coefficient (Wildman–Crippen LogP) is 3.17. The molecule has 0 fully saturated rings. The van der Waals surface area contributed by atoms with Crippen LogP contribution >= 0.6 is 0 Å². The summed E-state index contributed by atoms with van der Waals surface area (Å²) in [6.45, 7) is 2.17. The lowest BCUT2D eigenvalue weighted by molar-refractivity contribution is 0.102. The van der Waals surface area contributed by atoms with Gasteiger partial charge in [-0.05, 0) is 49.6 Å². The van der Waals surface area contributed by atoms with Crippen molar-refractivity contribution in [3.05, 3.63) is 65.2 Å². The second kappa shape index (κ2) is 6.87. The van der Waals surface area contributed by atoms with Gasteiger partial charge in [0, 0.05) is 17.9 Å². The molecule has 0 atom stereocenters. The number of carbonyl (C=O) groups excluding carboxylic acids is 1. The maximum Gasteiger partial charge on any atom is 0.255 e. The number of nitrogens with one attached hydrogen (secondary N) is 1. The molecular weight excluding hydrogens is 250 g/mol. The molecule has 2 aromatic rings. The van der Waals surface area contributed by atoms with Crippen molar-refractivity contribution in [2.24, 2.45) is 0 Å². The lowest BCUT2D eigenvalue weighted by Gasteiger charge is -2.07. The molecule has 0 saturated carbocycles. The van der Waals surface area contributed by atoms with Gasteiger partial charge in [-0.15, -0.1) is 0 Å². The van der Waals surface area contributed by atoms with Crippen molar-refractivity contribution in [2.75, 3.05) is 11.9 Å². The van der Waals surface area contributed by atoms with Gasteiger partial charge >= 0.3 is 0 Å². The Balaban J connectivity index is 2.05. The van der Waals surface area contributed by atoms with Crippen LogP contribution in [-0.2, 0) is 6.42 Å². The van der Waals surface area contributed by atoms with Gasteiger partial charge in [0.05, 0.1) is 0 Å². The highest BCUT2D eigenvalue weighted by molar-refractivity contribution is 6.04. The van der Waals surface area contributed by atoms with Crippen LogP contribution in [-0.4, -0.2) is 17.6 Å². The largest absolute Gasteiger partial charge is 0.396 e. The Morgan fingerprint density at radius 1 is 1.15 bits per heavy atom. The van der Waals surface area contributed by atoms with E-state index in [1.54, 1.807) is 0 Å². The first-order valence-electron chi connectivity index (χ1n) is 6.77. The molecule has 2 rings (SSSR count). The maximum atomic E-state index is 12.1. The van der Waals surface area contributed by atoms with Gasteiger partial charge in [-0.2, -0.15) is 0 Å². The van der Waals surface area contributed by atoms with Gasteiger partial charge in [-0.3, -0.25) is 4.79 Å². The van der Waals surface area contributed by atoms with Crippen LogP contribution in [0.4, 0.5) is 5.69 Å². The number of amides is 1. The van der Waals surface area contributed by atoms with Crippen LogP contribution in [0, 0.1) is 6.92 Å². The molecule has 3 heteroatoms. The fraction of sp³-hybridized carbons (Fsp3) is 0.235. The first-order chi connectivity index (χ1) is 9.69. The minimum Gasteiger partial charge on any atom is -0.396 e. The number of rotatable bonds is 5. The summed E-state index contributed by atoms with van der Waals surface area (Å²) in [6.07, 6.45) is 1.54. The number of aliphatic hydroxyl groups excluding tert-OH is 1. The lowest BCUT2D eigenvalue weighted by atomic mass is 10.1. The third-order valence-electron chi connectivity index (χ3n) is 3.12. The van der Waals surface area contributed by atoms with Crippen LogP contribution < -0.4 is 5.32 Å². The molecule has 1 amide bonds. The standard InChI is InChI=1S/C17H19NO2/c1-13-7-9-15(10-8-13)17(20)18-16-6-2-4-14(12-16)5-3-11-19/h2,4,6-10,12,19H,3,5,11H2,1H3,(H,18,20). The number of aryl methyl sites for hydroxylation is 2. The van der Waals surface area contributed by atoms with Crippen LogP contribution in [0.25, 0.3) is 0 Å². The number of carbonyl (C=O) groups is 1. The molecule has 2 aromatic carbocycles. The van der Waals surface area contributed by atoms with Crippen molar-refractivity contribution >= 4 is 11.6 Å². The highest BCUT2D eigenvalue weighted by Crippen LogP contribution is 2.14. The van der Waals surface area contributed by atoms with Gasteiger partial charge in [0.25, 0.3) is 5.91 Å². The molecule has 3 nitrogen and oxygen atoms in total. The van der Waals surface area contributed by atoms with E-state index < -0.39 is 0 Å². The average Bonchev–Trinajstić information content (AvgIpc) is 2.46. The minimum atomic E-state index is -0.107. The van der Waals surface area contributed by atoms with Crippen molar-refractivity contribution < 1.29 is 9.90 Å². The number of hydrogen-bond acceptors (Lipinski definition) is 2. The van der Waals surface area contributed by atoms with E-state index in [0.29, 0.717) is 5.56 Å². The van der Waals surface area contributed by atoms with Crippen molar-refractivity contribution in [3.8, 4) is 0 Å². The second-order valence-electron chi connectivity index (χ2n) is 4.85. The molecule has 0 aliphatic heterocycles. The summed E-state index contributed by atoms with van der Waals surface area (Å²) in [5.74, 6) is -0.107. The van der Waals surface area contributed by atoms with E-state index in [1.165, 1.54) is 0 Å². The summed E-state index contributed by atoms with van der Waals surface area (Å²) in [5.41, 5.74) is 3.68. The molecule has 0 aliphatic rings. The molecule has 0 radical (unpaired) electrons. The third kappa shape index (κ3) is 3.93. The zero-order valence-corrected chi connectivity index (χ0v) is 11.6. The summed E-state index contributed by atoms with van der Waals surface area (Å²) >= 11 is 0. The highest BCUT2D eigenvalue weighted by Gasteiger charge is 2.05. The molecule has 0 spiro atoms. The van der Waals surface area contributed by atoms with Gasteiger partial charge in [0.1, 0.15) is 0 Å². The zero-order valence-electron chi connectivity index (χ0n) is 11.6. The van der Waals surface area contributed by atoms with Crippen LogP contribution in [0.5, 0.6) is 0 Å². The van der Waals surface area contributed by atoms with Gasteiger partial charge in [-0.25, -0.2) is 0 Å². The SMILES string of the molecule is Cc1ccc(C(=O)Nc2cccc(CCCO)c2)cc1. The van der Waals surface area contributed by atoms with E-state index in [-0.39, 0.29) is 12.5 Å². The van der Waals surface area contributed by atoms with Gasteiger partial charge in [-0.1, -0.05) is 29.8 Å². The fourth-order valence-electron chi connectivity index (χ4n) is 2.00. The van der Waals surface area contributed by atoms with E-state index >= 15 is 0 Å². The smallest absolute Gasteiger partial charge is 0.255 e. The third-order valence-corrected chi connectivity index (χ3v) is 3.12. The number of hydrogen-bond donors (Lipinski definition) is 2. The summed E-state index contributed by atoms with van der Waals surface area (Å²) in [4.78, 5) is 12.1. The minimum absolute atomic E-state index is 0.107. The van der Waals surface area contributed by atoms with Crippen molar-refractivity contribution in [1.82, 2.24) is 0 Å². The molecule has 0 saturated heterocycles. The number of aliphatic hydroxyl groups is 1. The Bertz CT molecular complexity index is 576. The normalized spacial score (nSPS) is 10.3. The highest BCUT2D eigenvalue weighted by atomic mass is 16.2. The summed E-state index contributed by atoms with van der Waals surface area (Å²) in [5, 5.41) is 11.7. The monoisotopic (exact) mass is 269 g/mol. The molecular formula is C17H19NO2. The Hall–Kier alpha value is -2.13. The molecule has 20 heavy (non-hydrogen) atoms. The summed E-state index contributed by atoms with van der Waals surface area (Å²) in [6, 6.07) is 15.2. The molecule has 0 unspecified atom stereocenters. The van der Waals surface area contributed by atoms with Crippen LogP contribution in [0.1, 0.15) is 27.9 Å². The van der Waals surface area contributed by atoms with E-state index in [2.05, 4.69) is 5.32 Å². The Morgan fingerprint density at radius 2 is 1.90 bits per heavy atom. The molecule has 0 aromatic heterocycles. The number of anilines is 1. The molecule has 0 heterocycles. The predicted molar refractivity (Wildman–Crippen MR) is 81.0 cm³/mol. The molecule has 0 bridgehead atoms. The van der Waals surface area contributed by atoms with Crippen LogP contribution in [0.2, 0.25) is 0 Å². The van der Waals surface area contributed by atoms with E-state index in [4.69, 9.17) is 5.11 Å². The molecule has 104 valence electrons. The zero-order chi connectivity index (χ0) is 14.4. The van der Waals surface area contributed by atoms with Crippen molar-refractivity contribution in [3.63, 3.8) is 0 Å². The quantitative estimate of drug-likeness (QED) is 0.876. The van der Waals surface area contributed by atoms with Crippen LogP contribution in [0.15, 0.2) is 48.5 Å². The second-order valence-corrected chi connectivity index (χ2v) is 4.85. The van der Waals surface area contributed by atoms with Gasteiger partial charge in [0.2, 0.25) is 0 Å². The molecule has 0 aliphatic carbocycles. The first-order valence-corrected chi connectivity index (χ1v) is 6.77. The Kier molecular flexibility index (Phi) is 4.91. The Labute approximate surface area is 119 Å². The summed E-state index contributed by atoms with van der Waals surface area (Å²) < 4.78 is 0. The maximum absolute atomic E-state index is 12.1. The lowest BCUT2D eigenvalue weighted by Crippen LogP contribution is -2.11.